The summed E-state index contributed by atoms with van der Waals surface area (Å²) in [6.07, 6.45) is 0. The first-order chi connectivity index (χ1) is 6.40. The van der Waals surface area contributed by atoms with Crippen molar-refractivity contribution in [1.82, 2.24) is 0 Å². The molecule has 0 aromatic heterocycles. The van der Waals surface area contributed by atoms with E-state index >= 15 is 0 Å². The maximum Gasteiger partial charge on any atom is 1.00 e. The largest absolute Gasteiger partial charge is 1.00 e. The molecule has 0 fully saturated rings. The van der Waals surface area contributed by atoms with Gasteiger partial charge in [0.2, 0.25) is 0 Å². The van der Waals surface area contributed by atoms with Gasteiger partial charge in [-0.25, -0.2) is 0 Å². The Morgan fingerprint density at radius 3 is 2.40 bits per heavy atom. The molecule has 0 spiro atoms. The van der Waals surface area contributed by atoms with Crippen molar-refractivity contribution in [3.63, 3.8) is 0 Å². The Hall–Kier alpha value is 1.15. The van der Waals surface area contributed by atoms with E-state index in [4.69, 9.17) is 17.3 Å². The van der Waals surface area contributed by atoms with E-state index in [-0.39, 0.29) is 62.1 Å². The Balaban J connectivity index is 0.00000196. The molecule has 15 heavy (non-hydrogen) atoms. The summed E-state index contributed by atoms with van der Waals surface area (Å²) in [5.74, 6) is 0. The van der Waals surface area contributed by atoms with Crippen molar-refractivity contribution in [2.24, 2.45) is 0 Å². The first-order valence-corrected chi connectivity index (χ1v) is 5.14. The topological polar surface area (TPSA) is 26.0 Å². The second-order valence-electron chi connectivity index (χ2n) is 2.68. The average Bonchev–Trinajstić information content (AvgIpc) is 2.01. The second kappa shape index (κ2) is 6.78. The van der Waals surface area contributed by atoms with Crippen LogP contribution in [0.4, 0.5) is 18.6 Å². The van der Waals surface area contributed by atoms with Crippen molar-refractivity contribution in [1.29, 1.82) is 0 Å². The van der Waals surface area contributed by atoms with Crippen molar-refractivity contribution in [3.8, 4) is 0 Å². The molecule has 2 N–H and O–H groups in total. The SMILES string of the molecule is Nc1cccc(Cl)c1SC[B-](F)(F)F.[K+]. The van der Waals surface area contributed by atoms with Crippen molar-refractivity contribution in [2.75, 3.05) is 11.4 Å². The van der Waals surface area contributed by atoms with Gasteiger partial charge < -0.3 is 18.7 Å². The van der Waals surface area contributed by atoms with Crippen molar-refractivity contribution in [2.45, 2.75) is 4.90 Å². The maximum atomic E-state index is 12.0. The summed E-state index contributed by atoms with van der Waals surface area (Å²) >= 11 is 6.32. The summed E-state index contributed by atoms with van der Waals surface area (Å²) in [5.41, 5.74) is 4.84. The average molecular weight is 280 g/mol. The molecule has 1 rings (SSSR count). The van der Waals surface area contributed by atoms with Crippen LogP contribution in [-0.4, -0.2) is 12.6 Å². The Kier molecular flexibility index (Phi) is 7.30. The molecule has 0 heterocycles. The molecule has 0 aliphatic carbocycles. The van der Waals surface area contributed by atoms with Crippen LogP contribution < -0.4 is 57.1 Å². The first kappa shape index (κ1) is 16.2. The molecule has 0 bridgehead atoms. The summed E-state index contributed by atoms with van der Waals surface area (Å²) in [4.78, 5) is 0.299. The number of hydrogen-bond donors (Lipinski definition) is 1. The van der Waals surface area contributed by atoms with Crippen LogP contribution in [0.1, 0.15) is 0 Å². The Labute approximate surface area is 138 Å². The van der Waals surface area contributed by atoms with Crippen LogP contribution in [0.2, 0.25) is 5.02 Å². The van der Waals surface area contributed by atoms with Crippen LogP contribution in [0, 0.1) is 0 Å². The molecular weight excluding hydrogens is 273 g/mol. The first-order valence-electron chi connectivity index (χ1n) is 3.78. The van der Waals surface area contributed by atoms with Crippen LogP contribution in [0.15, 0.2) is 23.1 Å². The smallest absolute Gasteiger partial charge is 0.448 e. The molecule has 0 amide bonds. The molecule has 8 heteroatoms. The number of nitrogen functional groups attached to an aromatic ring is 1. The molecule has 0 radical (unpaired) electrons. The number of rotatable bonds is 3. The fourth-order valence-corrected chi connectivity index (χ4v) is 2.00. The fraction of sp³-hybridized carbons (Fsp3) is 0.143. The summed E-state index contributed by atoms with van der Waals surface area (Å²) in [6.45, 7) is -4.81. The number of anilines is 1. The quantitative estimate of drug-likeness (QED) is 0.493. The number of thioether (sulfide) groups is 1. The number of hydrogen-bond acceptors (Lipinski definition) is 2. The predicted octanol–water partition coefficient (Wildman–Crippen LogP) is 0.405. The van der Waals surface area contributed by atoms with E-state index in [1.807, 2.05) is 0 Å². The third kappa shape index (κ3) is 5.86. The molecule has 1 nitrogen and oxygen atoms in total. The minimum atomic E-state index is -4.81. The molecule has 0 atom stereocenters. The van der Waals surface area contributed by atoms with E-state index in [0.717, 1.165) is 0 Å². The van der Waals surface area contributed by atoms with Crippen molar-refractivity contribution in [3.05, 3.63) is 23.2 Å². The fourth-order valence-electron chi connectivity index (χ4n) is 0.856. The van der Waals surface area contributed by atoms with Crippen LogP contribution in [-0.2, 0) is 0 Å². The Morgan fingerprint density at radius 1 is 1.33 bits per heavy atom. The number of benzene rings is 1. The zero-order chi connectivity index (χ0) is 10.8. The third-order valence-electron chi connectivity index (χ3n) is 1.41. The zero-order valence-electron chi connectivity index (χ0n) is 8.01. The van der Waals surface area contributed by atoms with Gasteiger partial charge in [0.1, 0.15) is 0 Å². The van der Waals surface area contributed by atoms with E-state index in [0.29, 0.717) is 16.7 Å². The van der Waals surface area contributed by atoms with Gasteiger partial charge in [0, 0.05) is 10.6 Å². The van der Waals surface area contributed by atoms with Crippen LogP contribution in [0.25, 0.3) is 0 Å². The molecule has 1 aromatic carbocycles. The minimum absolute atomic E-state index is 0. The molecule has 0 saturated heterocycles. The van der Waals surface area contributed by atoms with Gasteiger partial charge in [-0.05, 0) is 17.8 Å². The Bertz CT molecular complexity index is 316. The normalized spacial score (nSPS) is 10.9. The van der Waals surface area contributed by atoms with Gasteiger partial charge in [0.05, 0.1) is 5.02 Å². The summed E-state index contributed by atoms with van der Waals surface area (Å²) in [6, 6.07) is 4.64. The van der Waals surface area contributed by atoms with E-state index in [1.165, 1.54) is 12.1 Å². The van der Waals surface area contributed by atoms with Crippen LogP contribution >= 0.6 is 23.4 Å². The van der Waals surface area contributed by atoms with Crippen molar-refractivity contribution < 1.29 is 64.3 Å². The van der Waals surface area contributed by atoms with E-state index in [9.17, 15) is 12.9 Å². The Morgan fingerprint density at radius 2 is 1.93 bits per heavy atom. The maximum absolute atomic E-state index is 12.0. The summed E-state index contributed by atoms with van der Waals surface area (Å²) < 4.78 is 35.9. The monoisotopic (exact) mass is 279 g/mol. The van der Waals surface area contributed by atoms with E-state index < -0.39 is 12.6 Å². The molecule has 78 valence electrons. The number of nitrogens with two attached hydrogens (primary N) is 1. The minimum Gasteiger partial charge on any atom is -0.448 e. The van der Waals surface area contributed by atoms with Gasteiger partial charge in [-0.15, -0.1) is 0 Å². The van der Waals surface area contributed by atoms with Crippen LogP contribution in [0.3, 0.4) is 0 Å². The van der Waals surface area contributed by atoms with Crippen molar-refractivity contribution >= 4 is 36.0 Å². The molecule has 0 aliphatic heterocycles. The predicted molar refractivity (Wildman–Crippen MR) is 55.7 cm³/mol. The third-order valence-corrected chi connectivity index (χ3v) is 3.13. The van der Waals surface area contributed by atoms with Gasteiger partial charge in [0.15, 0.2) is 0 Å². The standard InChI is InChI=1S/C7H7BClF3NS.K/c9-5-2-1-3-6(13)7(5)14-4-8(10,11)12;/h1-3H,4,13H2;/q-1;+1. The molecule has 1 aromatic rings. The van der Waals surface area contributed by atoms with E-state index in [2.05, 4.69) is 0 Å². The molecular formula is C7H7BClF3KNS. The van der Waals surface area contributed by atoms with E-state index in [1.54, 1.807) is 6.07 Å². The summed E-state index contributed by atoms with van der Waals surface area (Å²) in [7, 11) is 0. The van der Waals surface area contributed by atoms with Gasteiger partial charge in [-0.2, -0.15) is 11.8 Å². The zero-order valence-corrected chi connectivity index (χ0v) is 12.7. The van der Waals surface area contributed by atoms with Gasteiger partial charge >= 0.3 is 58.4 Å². The van der Waals surface area contributed by atoms with Gasteiger partial charge in [-0.3, -0.25) is 0 Å². The second-order valence-corrected chi connectivity index (χ2v) is 4.12. The summed E-state index contributed by atoms with van der Waals surface area (Å²) in [5, 5.41) is 0.259. The van der Waals surface area contributed by atoms with Gasteiger partial charge in [-0.1, -0.05) is 17.7 Å². The molecule has 0 saturated carbocycles. The van der Waals surface area contributed by atoms with Gasteiger partial charge in [0.25, 0.3) is 0 Å². The molecule has 0 unspecified atom stereocenters. The van der Waals surface area contributed by atoms with Crippen LogP contribution in [0.5, 0.6) is 0 Å². The molecule has 0 aliphatic rings. The number of halogens is 4.